The number of carbonyl (C=O) groups excluding carboxylic acids is 1. The van der Waals surface area contributed by atoms with Gasteiger partial charge in [0.1, 0.15) is 28.7 Å². The third-order valence-corrected chi connectivity index (χ3v) is 6.50. The Kier molecular flexibility index (Phi) is 7.52. The van der Waals surface area contributed by atoms with Crippen LogP contribution in [-0.2, 0) is 22.3 Å². The Bertz CT molecular complexity index is 940. The van der Waals surface area contributed by atoms with Crippen molar-refractivity contribution in [3.05, 3.63) is 41.6 Å². The SMILES string of the molecule is C/C=C/S(=O)N1CCN(Cc2nc(NC(C(N)=O)C(C)C)c3ccccc3n2)CC1. The van der Waals surface area contributed by atoms with Crippen LogP contribution in [-0.4, -0.2) is 61.5 Å². The molecule has 3 rings (SSSR count). The lowest BCUT2D eigenvalue weighted by molar-refractivity contribution is -0.119. The van der Waals surface area contributed by atoms with Gasteiger partial charge in [-0.05, 0) is 25.0 Å². The van der Waals surface area contributed by atoms with Gasteiger partial charge in [0.2, 0.25) is 5.91 Å². The van der Waals surface area contributed by atoms with Crippen LogP contribution in [0.1, 0.15) is 26.6 Å². The van der Waals surface area contributed by atoms with Crippen LogP contribution >= 0.6 is 0 Å². The van der Waals surface area contributed by atoms with Crippen molar-refractivity contribution >= 4 is 33.6 Å². The third-order valence-electron chi connectivity index (χ3n) is 5.12. The number of nitrogens with zero attached hydrogens (tertiary/aromatic N) is 4. The monoisotopic (exact) mass is 430 g/mol. The van der Waals surface area contributed by atoms with E-state index in [1.165, 1.54) is 0 Å². The number of piperazine rings is 1. The summed E-state index contributed by atoms with van der Waals surface area (Å²) in [6, 6.07) is 7.23. The van der Waals surface area contributed by atoms with Crippen LogP contribution in [0.5, 0.6) is 0 Å². The molecule has 0 spiro atoms. The van der Waals surface area contributed by atoms with E-state index in [-0.39, 0.29) is 5.92 Å². The lowest BCUT2D eigenvalue weighted by atomic mass is 10.0. The second-order valence-electron chi connectivity index (χ2n) is 7.72. The number of hydrogen-bond donors (Lipinski definition) is 2. The average Bonchev–Trinajstić information content (AvgIpc) is 2.72. The van der Waals surface area contributed by atoms with Crippen LogP contribution in [0.2, 0.25) is 0 Å². The minimum Gasteiger partial charge on any atom is -0.368 e. The zero-order chi connectivity index (χ0) is 21.7. The highest BCUT2D eigenvalue weighted by molar-refractivity contribution is 7.85. The minimum absolute atomic E-state index is 0.0331. The maximum absolute atomic E-state index is 12.1. The number of rotatable bonds is 8. The Morgan fingerprint density at radius 3 is 2.57 bits per heavy atom. The molecular formula is C21H30N6O2S. The highest BCUT2D eigenvalue weighted by Crippen LogP contribution is 2.23. The molecule has 9 heteroatoms. The third kappa shape index (κ3) is 5.41. The number of allylic oxidation sites excluding steroid dienone is 1. The first-order valence-electron chi connectivity index (χ1n) is 10.2. The van der Waals surface area contributed by atoms with E-state index >= 15 is 0 Å². The molecule has 0 bridgehead atoms. The van der Waals surface area contributed by atoms with Crippen molar-refractivity contribution in [2.45, 2.75) is 33.4 Å². The van der Waals surface area contributed by atoms with Gasteiger partial charge >= 0.3 is 0 Å². The van der Waals surface area contributed by atoms with Crippen LogP contribution in [0.3, 0.4) is 0 Å². The summed E-state index contributed by atoms with van der Waals surface area (Å²) in [4.78, 5) is 23.6. The van der Waals surface area contributed by atoms with Gasteiger partial charge in [0, 0.05) is 37.0 Å². The molecule has 1 fully saturated rings. The number of fused-ring (bicyclic) bond motifs is 1. The van der Waals surface area contributed by atoms with Crippen molar-refractivity contribution in [3.8, 4) is 0 Å². The van der Waals surface area contributed by atoms with Gasteiger partial charge in [0.05, 0.1) is 12.1 Å². The van der Waals surface area contributed by atoms with Gasteiger partial charge in [-0.1, -0.05) is 32.1 Å². The smallest absolute Gasteiger partial charge is 0.240 e. The summed E-state index contributed by atoms with van der Waals surface area (Å²) in [7, 11) is -1.06. The van der Waals surface area contributed by atoms with Crippen molar-refractivity contribution in [1.29, 1.82) is 0 Å². The Hall–Kier alpha value is -2.36. The molecule has 2 heterocycles. The van der Waals surface area contributed by atoms with Crippen LogP contribution in [0.4, 0.5) is 5.82 Å². The van der Waals surface area contributed by atoms with E-state index in [1.807, 2.05) is 55.4 Å². The van der Waals surface area contributed by atoms with Gasteiger partial charge in [-0.3, -0.25) is 9.69 Å². The van der Waals surface area contributed by atoms with Crippen LogP contribution in [0.15, 0.2) is 35.7 Å². The number of aromatic nitrogens is 2. The van der Waals surface area contributed by atoms with Gasteiger partial charge in [0.25, 0.3) is 0 Å². The molecule has 3 N–H and O–H groups in total. The number of carbonyl (C=O) groups is 1. The van der Waals surface area contributed by atoms with Crippen LogP contribution in [0.25, 0.3) is 10.9 Å². The summed E-state index contributed by atoms with van der Waals surface area (Å²) in [5, 5.41) is 5.81. The summed E-state index contributed by atoms with van der Waals surface area (Å²) in [6.07, 6.45) is 1.82. The summed E-state index contributed by atoms with van der Waals surface area (Å²) < 4.78 is 14.1. The highest BCUT2D eigenvalue weighted by Gasteiger charge is 2.23. The van der Waals surface area contributed by atoms with E-state index in [9.17, 15) is 9.00 Å². The molecule has 162 valence electrons. The van der Waals surface area contributed by atoms with Crippen molar-refractivity contribution in [1.82, 2.24) is 19.2 Å². The number of primary amides is 1. The largest absolute Gasteiger partial charge is 0.368 e. The quantitative estimate of drug-likeness (QED) is 0.662. The first-order valence-corrected chi connectivity index (χ1v) is 11.4. The second kappa shape index (κ2) is 10.1. The first kappa shape index (κ1) is 22.3. The van der Waals surface area contributed by atoms with Gasteiger partial charge in [-0.15, -0.1) is 0 Å². The molecular weight excluding hydrogens is 400 g/mol. The number of para-hydroxylation sites is 1. The molecule has 1 aliphatic rings. The summed E-state index contributed by atoms with van der Waals surface area (Å²) >= 11 is 0. The standard InChI is InChI=1S/C21H30N6O2S/c1-4-13-30(29)27-11-9-26(10-12-27)14-18-23-17-8-6-5-7-16(17)21(24-18)25-19(15(2)3)20(22)28/h4-8,13,15,19H,9-12,14H2,1-3H3,(H2,22,28)(H,23,24,25)/b13-4+. The van der Waals surface area contributed by atoms with Crippen molar-refractivity contribution in [2.75, 3.05) is 31.5 Å². The Morgan fingerprint density at radius 1 is 1.23 bits per heavy atom. The number of anilines is 1. The maximum Gasteiger partial charge on any atom is 0.240 e. The van der Waals surface area contributed by atoms with E-state index in [0.29, 0.717) is 18.2 Å². The molecule has 2 atom stereocenters. The van der Waals surface area contributed by atoms with Gasteiger partial charge in [-0.25, -0.2) is 18.5 Å². The Balaban J connectivity index is 1.78. The van der Waals surface area contributed by atoms with E-state index in [4.69, 9.17) is 15.7 Å². The topological polar surface area (TPSA) is 104 Å². The van der Waals surface area contributed by atoms with Crippen molar-refractivity contribution < 1.29 is 9.00 Å². The molecule has 2 aromatic rings. The zero-order valence-corrected chi connectivity index (χ0v) is 18.6. The van der Waals surface area contributed by atoms with Crippen LogP contribution < -0.4 is 11.1 Å². The molecule has 8 nitrogen and oxygen atoms in total. The van der Waals surface area contributed by atoms with Gasteiger partial charge in [0.15, 0.2) is 0 Å². The van der Waals surface area contributed by atoms with Gasteiger partial charge in [-0.2, -0.15) is 0 Å². The molecule has 1 aromatic carbocycles. The van der Waals surface area contributed by atoms with Crippen molar-refractivity contribution in [2.24, 2.45) is 11.7 Å². The lowest BCUT2D eigenvalue weighted by Gasteiger charge is -2.32. The summed E-state index contributed by atoms with van der Waals surface area (Å²) in [5.41, 5.74) is 6.41. The molecule has 0 saturated carbocycles. The predicted octanol–water partition coefficient (Wildman–Crippen LogP) is 1.87. The Morgan fingerprint density at radius 2 is 1.93 bits per heavy atom. The molecule has 0 aliphatic carbocycles. The first-order chi connectivity index (χ1) is 14.4. The molecule has 1 aromatic heterocycles. The number of benzene rings is 1. The van der Waals surface area contributed by atoms with Crippen molar-refractivity contribution in [3.63, 3.8) is 0 Å². The molecule has 0 radical (unpaired) electrons. The number of nitrogens with two attached hydrogens (primary N) is 1. The molecule has 2 unspecified atom stereocenters. The fourth-order valence-corrected chi connectivity index (χ4v) is 4.42. The molecule has 1 saturated heterocycles. The molecule has 1 amide bonds. The van der Waals surface area contributed by atoms with E-state index in [2.05, 4.69) is 10.2 Å². The molecule has 1 aliphatic heterocycles. The maximum atomic E-state index is 12.1. The summed E-state index contributed by atoms with van der Waals surface area (Å²) in [6.45, 7) is 9.40. The van der Waals surface area contributed by atoms with E-state index in [0.717, 1.165) is 37.1 Å². The molecule has 30 heavy (non-hydrogen) atoms. The fraction of sp³-hybridized carbons (Fsp3) is 0.476. The average molecular weight is 431 g/mol. The number of hydrogen-bond acceptors (Lipinski definition) is 6. The second-order valence-corrected chi connectivity index (χ2v) is 9.07. The highest BCUT2D eigenvalue weighted by atomic mass is 32.2. The number of nitrogens with one attached hydrogen (secondary N) is 1. The Labute approximate surface area is 180 Å². The summed E-state index contributed by atoms with van der Waals surface area (Å²) in [5.74, 6) is 0.942. The normalized spacial score (nSPS) is 18.1. The minimum atomic E-state index is -1.06. The fourth-order valence-electron chi connectivity index (χ4n) is 3.49. The van der Waals surface area contributed by atoms with Gasteiger partial charge < -0.3 is 11.1 Å². The zero-order valence-electron chi connectivity index (χ0n) is 17.7. The predicted molar refractivity (Wildman–Crippen MR) is 121 cm³/mol. The number of amides is 1. The van der Waals surface area contributed by atoms with Crippen LogP contribution in [0, 0.1) is 5.92 Å². The lowest BCUT2D eigenvalue weighted by Crippen LogP contribution is -2.46. The van der Waals surface area contributed by atoms with E-state index < -0.39 is 22.9 Å². The van der Waals surface area contributed by atoms with E-state index in [1.54, 1.807) is 5.41 Å².